The van der Waals surface area contributed by atoms with Crippen molar-refractivity contribution in [2.45, 2.75) is 26.2 Å². The zero-order valence-corrected chi connectivity index (χ0v) is 13.7. The van der Waals surface area contributed by atoms with Crippen LogP contribution in [-0.2, 0) is 16.0 Å². The van der Waals surface area contributed by atoms with Crippen LogP contribution in [0.1, 0.15) is 25.7 Å². The van der Waals surface area contributed by atoms with Gasteiger partial charge in [0.25, 0.3) is 0 Å². The fraction of sp³-hybridized carbons (Fsp3) is 0.353. The topological polar surface area (TPSA) is 83.6 Å². The molecule has 0 saturated heterocycles. The van der Waals surface area contributed by atoms with Gasteiger partial charge in [0.05, 0.1) is 18.2 Å². The van der Waals surface area contributed by atoms with Crippen LogP contribution >= 0.6 is 0 Å². The van der Waals surface area contributed by atoms with Gasteiger partial charge >= 0.3 is 5.97 Å². The number of aryl methyl sites for hydroxylation is 1. The highest BCUT2D eigenvalue weighted by atomic mass is 19.1. The Morgan fingerprint density at radius 1 is 1.28 bits per heavy atom. The summed E-state index contributed by atoms with van der Waals surface area (Å²) in [6, 6.07) is 3.12. The summed E-state index contributed by atoms with van der Waals surface area (Å²) in [6.45, 7) is 2.31. The first-order valence-electron chi connectivity index (χ1n) is 7.80. The van der Waals surface area contributed by atoms with Gasteiger partial charge in [-0.15, -0.1) is 0 Å². The third-order valence-electron chi connectivity index (χ3n) is 3.63. The molecule has 0 aliphatic rings. The lowest BCUT2D eigenvalue weighted by molar-refractivity contribution is -0.138. The molecule has 0 aliphatic carbocycles. The number of oxazole rings is 1. The lowest BCUT2D eigenvalue weighted by atomic mass is 10.2. The number of amides is 1. The average molecular weight is 352 g/mol. The molecule has 8 heteroatoms. The Hall–Kier alpha value is -2.77. The summed E-state index contributed by atoms with van der Waals surface area (Å²) >= 11 is 0. The second kappa shape index (κ2) is 8.36. The van der Waals surface area contributed by atoms with Crippen molar-refractivity contribution in [3.05, 3.63) is 41.9 Å². The van der Waals surface area contributed by atoms with Crippen LogP contribution in [0.5, 0.6) is 0 Å². The number of hydrogen-bond donors (Lipinski definition) is 1. The Labute approximate surface area is 143 Å². The summed E-state index contributed by atoms with van der Waals surface area (Å²) in [5, 5.41) is 8.68. The minimum Gasteiger partial charge on any atom is -0.481 e. The highest BCUT2D eigenvalue weighted by Crippen LogP contribution is 2.24. The van der Waals surface area contributed by atoms with Crippen molar-refractivity contribution >= 4 is 11.9 Å². The summed E-state index contributed by atoms with van der Waals surface area (Å²) in [5.41, 5.74) is 0.0862. The fourth-order valence-corrected chi connectivity index (χ4v) is 2.30. The van der Waals surface area contributed by atoms with Crippen LogP contribution in [0, 0.1) is 11.6 Å². The molecule has 2 rings (SSSR count). The van der Waals surface area contributed by atoms with Gasteiger partial charge in [-0.25, -0.2) is 13.8 Å². The van der Waals surface area contributed by atoms with Gasteiger partial charge in [0, 0.05) is 32.0 Å². The van der Waals surface area contributed by atoms with Gasteiger partial charge in [0.2, 0.25) is 5.91 Å². The van der Waals surface area contributed by atoms with Gasteiger partial charge in [0.15, 0.2) is 11.7 Å². The van der Waals surface area contributed by atoms with Crippen LogP contribution in [0.3, 0.4) is 0 Å². The van der Waals surface area contributed by atoms with E-state index in [1.54, 1.807) is 6.92 Å². The zero-order valence-electron chi connectivity index (χ0n) is 13.7. The molecule has 0 spiro atoms. The maximum absolute atomic E-state index is 13.7. The van der Waals surface area contributed by atoms with Crippen molar-refractivity contribution in [3.63, 3.8) is 0 Å². The van der Waals surface area contributed by atoms with Gasteiger partial charge in [-0.3, -0.25) is 9.59 Å². The summed E-state index contributed by atoms with van der Waals surface area (Å²) in [6.07, 6.45) is 1.50. The Morgan fingerprint density at radius 3 is 2.68 bits per heavy atom. The van der Waals surface area contributed by atoms with E-state index in [1.807, 2.05) is 0 Å². The Morgan fingerprint density at radius 2 is 2.04 bits per heavy atom. The highest BCUT2D eigenvalue weighted by Gasteiger charge is 2.16. The number of halogens is 2. The molecule has 0 aliphatic heterocycles. The standard InChI is InChI=1S/C17H18F2N2O4/c1-2-21(8-7-17(23)24)16(22)6-5-15-20-10-14(25-15)12-4-3-11(18)9-13(12)19/h3-4,9-10H,2,5-8H2,1H3,(H,23,24). The first-order valence-corrected chi connectivity index (χ1v) is 7.80. The molecule has 0 saturated carbocycles. The van der Waals surface area contributed by atoms with Crippen molar-refractivity contribution in [2.24, 2.45) is 0 Å². The maximum atomic E-state index is 13.7. The molecule has 1 heterocycles. The summed E-state index contributed by atoms with van der Waals surface area (Å²) < 4.78 is 32.1. The van der Waals surface area contributed by atoms with Crippen LogP contribution < -0.4 is 0 Å². The van der Waals surface area contributed by atoms with Gasteiger partial charge in [0.1, 0.15) is 11.6 Å². The van der Waals surface area contributed by atoms with Crippen molar-refractivity contribution in [3.8, 4) is 11.3 Å². The number of nitrogens with zero attached hydrogens (tertiary/aromatic N) is 2. The largest absolute Gasteiger partial charge is 0.481 e. The van der Waals surface area contributed by atoms with E-state index < -0.39 is 17.6 Å². The summed E-state index contributed by atoms with van der Waals surface area (Å²) in [5.74, 6) is -2.22. The molecular weight excluding hydrogens is 334 g/mol. The van der Waals surface area contributed by atoms with Crippen LogP contribution in [0.15, 0.2) is 28.8 Å². The predicted octanol–water partition coefficient (Wildman–Crippen LogP) is 2.88. The number of aromatic nitrogens is 1. The predicted molar refractivity (Wildman–Crippen MR) is 84.7 cm³/mol. The molecular formula is C17H18F2N2O4. The minimum atomic E-state index is -0.968. The smallest absolute Gasteiger partial charge is 0.305 e. The molecule has 1 amide bonds. The van der Waals surface area contributed by atoms with Crippen molar-refractivity contribution in [1.29, 1.82) is 0 Å². The third kappa shape index (κ3) is 5.10. The molecule has 0 fully saturated rings. The van der Waals surface area contributed by atoms with Crippen LogP contribution in [0.2, 0.25) is 0 Å². The molecule has 6 nitrogen and oxygen atoms in total. The zero-order chi connectivity index (χ0) is 18.4. The van der Waals surface area contributed by atoms with Gasteiger partial charge in [-0.1, -0.05) is 0 Å². The van der Waals surface area contributed by atoms with E-state index in [4.69, 9.17) is 9.52 Å². The van der Waals surface area contributed by atoms with Gasteiger partial charge in [-0.2, -0.15) is 0 Å². The van der Waals surface area contributed by atoms with Crippen molar-refractivity contribution in [2.75, 3.05) is 13.1 Å². The fourth-order valence-electron chi connectivity index (χ4n) is 2.30. The van der Waals surface area contributed by atoms with E-state index in [2.05, 4.69) is 4.98 Å². The van der Waals surface area contributed by atoms with Crippen molar-refractivity contribution in [1.82, 2.24) is 9.88 Å². The van der Waals surface area contributed by atoms with Crippen LogP contribution in [-0.4, -0.2) is 40.0 Å². The van der Waals surface area contributed by atoms with E-state index in [0.29, 0.717) is 6.54 Å². The summed E-state index contributed by atoms with van der Waals surface area (Å²) in [7, 11) is 0. The quantitative estimate of drug-likeness (QED) is 0.790. The lowest BCUT2D eigenvalue weighted by Crippen LogP contribution is -2.33. The number of hydrogen-bond acceptors (Lipinski definition) is 4. The molecule has 134 valence electrons. The maximum Gasteiger partial charge on any atom is 0.305 e. The van der Waals surface area contributed by atoms with Crippen molar-refractivity contribution < 1.29 is 27.9 Å². The summed E-state index contributed by atoms with van der Waals surface area (Å²) in [4.78, 5) is 28.1. The number of carbonyl (C=O) groups excluding carboxylic acids is 1. The number of carboxylic acid groups (broad SMARTS) is 1. The normalized spacial score (nSPS) is 10.7. The number of aliphatic carboxylic acids is 1. The lowest BCUT2D eigenvalue weighted by Gasteiger charge is -2.19. The number of carboxylic acids is 1. The Kier molecular flexibility index (Phi) is 6.21. The first kappa shape index (κ1) is 18.6. The first-order chi connectivity index (χ1) is 11.9. The number of carbonyl (C=O) groups is 2. The number of benzene rings is 1. The van der Waals surface area contributed by atoms with Gasteiger partial charge in [-0.05, 0) is 19.1 Å². The van der Waals surface area contributed by atoms with Crippen LogP contribution in [0.25, 0.3) is 11.3 Å². The third-order valence-corrected chi connectivity index (χ3v) is 3.63. The Balaban J connectivity index is 1.96. The molecule has 1 aromatic carbocycles. The van der Waals surface area contributed by atoms with E-state index in [0.717, 1.165) is 12.1 Å². The molecule has 2 aromatic rings. The average Bonchev–Trinajstić information content (AvgIpc) is 3.01. The molecule has 0 radical (unpaired) electrons. The number of rotatable bonds is 8. The molecule has 1 aromatic heterocycles. The van der Waals surface area contributed by atoms with E-state index >= 15 is 0 Å². The Bertz CT molecular complexity index is 761. The van der Waals surface area contributed by atoms with Crippen LogP contribution in [0.4, 0.5) is 8.78 Å². The highest BCUT2D eigenvalue weighted by molar-refractivity contribution is 5.77. The molecule has 1 N–H and O–H groups in total. The minimum absolute atomic E-state index is 0.0862. The van der Waals surface area contributed by atoms with Gasteiger partial charge < -0.3 is 14.4 Å². The monoisotopic (exact) mass is 352 g/mol. The molecule has 0 unspecified atom stereocenters. The SMILES string of the molecule is CCN(CCC(=O)O)C(=O)CCc1ncc(-c2ccc(F)cc2F)o1. The van der Waals surface area contributed by atoms with E-state index in [1.165, 1.54) is 17.2 Å². The molecule has 25 heavy (non-hydrogen) atoms. The van der Waals surface area contributed by atoms with E-state index in [-0.39, 0.29) is 48.9 Å². The second-order valence-corrected chi connectivity index (χ2v) is 5.36. The van der Waals surface area contributed by atoms with E-state index in [9.17, 15) is 18.4 Å². The second-order valence-electron chi connectivity index (χ2n) is 5.36. The molecule has 0 atom stereocenters. The molecule has 0 bridgehead atoms.